The van der Waals surface area contributed by atoms with Gasteiger partial charge in [0.25, 0.3) is 0 Å². The van der Waals surface area contributed by atoms with Gasteiger partial charge in [-0.05, 0) is 24.3 Å². The Morgan fingerprint density at radius 2 is 2.08 bits per heavy atom. The van der Waals surface area contributed by atoms with E-state index in [1.807, 2.05) is 30.3 Å². The normalized spacial score (nSPS) is 26.5. The monoisotopic (exact) mass is 360 g/mol. The number of hydrogen-bond donors (Lipinski definition) is 1. The highest BCUT2D eigenvalue weighted by atomic mass is 16.6. The first-order valence-electron chi connectivity index (χ1n) is 10.1. The number of carbonyl (C=O) groups excluding carboxylic acids is 1. The molecule has 1 aromatic rings. The molecule has 26 heavy (non-hydrogen) atoms. The van der Waals surface area contributed by atoms with E-state index >= 15 is 0 Å². The van der Waals surface area contributed by atoms with Gasteiger partial charge >= 0.3 is 6.09 Å². The molecule has 5 heteroatoms. The van der Waals surface area contributed by atoms with Crippen LogP contribution in [0, 0.1) is 5.92 Å². The molecule has 144 valence electrons. The molecule has 1 aromatic carbocycles. The van der Waals surface area contributed by atoms with E-state index in [9.17, 15) is 4.79 Å². The number of nitrogens with one attached hydrogen (secondary N) is 1. The molecule has 1 saturated carbocycles. The summed E-state index contributed by atoms with van der Waals surface area (Å²) in [5.41, 5.74) is 1.01. The van der Waals surface area contributed by atoms with Crippen LogP contribution in [0.4, 0.5) is 4.79 Å². The Morgan fingerprint density at radius 3 is 2.88 bits per heavy atom. The third-order valence-corrected chi connectivity index (χ3v) is 5.64. The number of hydrogen-bond acceptors (Lipinski definition) is 4. The van der Waals surface area contributed by atoms with Crippen molar-refractivity contribution in [2.45, 2.75) is 57.8 Å². The molecule has 3 unspecified atom stereocenters. The summed E-state index contributed by atoms with van der Waals surface area (Å²) in [6.45, 7) is 5.19. The molecule has 1 saturated heterocycles. The molecule has 1 heterocycles. The van der Waals surface area contributed by atoms with Gasteiger partial charge in [-0.1, -0.05) is 56.5 Å². The summed E-state index contributed by atoms with van der Waals surface area (Å²) in [4.78, 5) is 14.1. The summed E-state index contributed by atoms with van der Waals surface area (Å²) in [5.74, 6) is 0.777. The lowest BCUT2D eigenvalue weighted by molar-refractivity contribution is -0.0291. The standard InChI is InChI=1S/C21H32N2O3/c1-2-18-10-6-7-11-20(18)22-14-19-15-23(12-13-25-19)21(24)26-16-17-8-4-3-5-9-17/h3-5,8-9,18-20,22H,2,6-7,10-16H2,1H3. The number of benzene rings is 1. The van der Waals surface area contributed by atoms with Gasteiger partial charge in [0.15, 0.2) is 0 Å². The molecule has 1 amide bonds. The number of rotatable bonds is 6. The zero-order valence-electron chi connectivity index (χ0n) is 15.9. The van der Waals surface area contributed by atoms with Crippen molar-refractivity contribution in [3.8, 4) is 0 Å². The van der Waals surface area contributed by atoms with Crippen LogP contribution in [-0.2, 0) is 16.1 Å². The van der Waals surface area contributed by atoms with Crippen LogP contribution in [0.2, 0.25) is 0 Å². The molecule has 3 rings (SSSR count). The molecular formula is C21H32N2O3. The van der Waals surface area contributed by atoms with Gasteiger partial charge in [-0.15, -0.1) is 0 Å². The van der Waals surface area contributed by atoms with Gasteiger partial charge in [0.05, 0.1) is 19.3 Å². The van der Waals surface area contributed by atoms with Crippen molar-refractivity contribution in [3.05, 3.63) is 35.9 Å². The van der Waals surface area contributed by atoms with Crippen molar-refractivity contribution in [2.24, 2.45) is 5.92 Å². The van der Waals surface area contributed by atoms with E-state index in [1.165, 1.54) is 32.1 Å². The minimum atomic E-state index is -0.244. The summed E-state index contributed by atoms with van der Waals surface area (Å²) in [6, 6.07) is 10.4. The van der Waals surface area contributed by atoms with E-state index in [-0.39, 0.29) is 12.2 Å². The lowest BCUT2D eigenvalue weighted by atomic mass is 9.83. The smallest absolute Gasteiger partial charge is 0.410 e. The second kappa shape index (κ2) is 9.93. The average molecular weight is 360 g/mol. The van der Waals surface area contributed by atoms with Gasteiger partial charge in [-0.3, -0.25) is 0 Å². The van der Waals surface area contributed by atoms with Crippen LogP contribution in [0.25, 0.3) is 0 Å². The van der Waals surface area contributed by atoms with E-state index in [0.29, 0.717) is 32.3 Å². The van der Waals surface area contributed by atoms with Crippen LogP contribution in [-0.4, -0.2) is 49.4 Å². The largest absolute Gasteiger partial charge is 0.445 e. The Labute approximate surface area is 157 Å². The van der Waals surface area contributed by atoms with Gasteiger partial charge in [0, 0.05) is 19.1 Å². The maximum absolute atomic E-state index is 12.3. The maximum Gasteiger partial charge on any atom is 0.410 e. The molecule has 1 aliphatic heterocycles. The van der Waals surface area contributed by atoms with Crippen LogP contribution in [0.15, 0.2) is 30.3 Å². The molecule has 2 fully saturated rings. The number of carbonyl (C=O) groups is 1. The molecule has 2 aliphatic rings. The fraction of sp³-hybridized carbons (Fsp3) is 0.667. The first-order chi connectivity index (χ1) is 12.8. The lowest BCUT2D eigenvalue weighted by Crippen LogP contribution is -2.51. The molecule has 3 atom stereocenters. The maximum atomic E-state index is 12.3. The third-order valence-electron chi connectivity index (χ3n) is 5.64. The first-order valence-corrected chi connectivity index (χ1v) is 10.1. The molecule has 5 nitrogen and oxygen atoms in total. The van der Waals surface area contributed by atoms with Crippen molar-refractivity contribution in [1.29, 1.82) is 0 Å². The Bertz CT molecular complexity index is 551. The number of ether oxygens (including phenoxy) is 2. The highest BCUT2D eigenvalue weighted by Crippen LogP contribution is 2.26. The van der Waals surface area contributed by atoms with Gasteiger partial charge in [0.2, 0.25) is 0 Å². The zero-order valence-corrected chi connectivity index (χ0v) is 15.9. The minimum absolute atomic E-state index is 0.0486. The molecule has 1 aliphatic carbocycles. The minimum Gasteiger partial charge on any atom is -0.445 e. The quantitative estimate of drug-likeness (QED) is 0.842. The first kappa shape index (κ1) is 19.2. The van der Waals surface area contributed by atoms with E-state index in [4.69, 9.17) is 9.47 Å². The van der Waals surface area contributed by atoms with E-state index in [1.54, 1.807) is 4.90 Å². The predicted molar refractivity (Wildman–Crippen MR) is 102 cm³/mol. The van der Waals surface area contributed by atoms with E-state index in [0.717, 1.165) is 18.0 Å². The second-order valence-electron chi connectivity index (χ2n) is 7.45. The van der Waals surface area contributed by atoms with Crippen LogP contribution in [0.3, 0.4) is 0 Å². The summed E-state index contributed by atoms with van der Waals surface area (Å²) in [6.07, 6.45) is 6.31. The fourth-order valence-corrected chi connectivity index (χ4v) is 4.07. The number of nitrogens with zero attached hydrogens (tertiary/aromatic N) is 1. The van der Waals surface area contributed by atoms with Crippen LogP contribution < -0.4 is 5.32 Å². The van der Waals surface area contributed by atoms with Crippen molar-refractivity contribution in [1.82, 2.24) is 10.2 Å². The Morgan fingerprint density at radius 1 is 1.27 bits per heavy atom. The SMILES string of the molecule is CCC1CCCCC1NCC1CN(C(=O)OCc2ccccc2)CCO1. The summed E-state index contributed by atoms with van der Waals surface area (Å²) < 4.78 is 11.3. The van der Waals surface area contributed by atoms with Crippen molar-refractivity contribution < 1.29 is 14.3 Å². The van der Waals surface area contributed by atoms with Gasteiger partial charge in [-0.25, -0.2) is 4.79 Å². The number of amides is 1. The van der Waals surface area contributed by atoms with Crippen molar-refractivity contribution in [3.63, 3.8) is 0 Å². The van der Waals surface area contributed by atoms with Crippen LogP contribution >= 0.6 is 0 Å². The lowest BCUT2D eigenvalue weighted by Gasteiger charge is -2.36. The highest BCUT2D eigenvalue weighted by Gasteiger charge is 2.28. The summed E-state index contributed by atoms with van der Waals surface area (Å²) in [7, 11) is 0. The fourth-order valence-electron chi connectivity index (χ4n) is 4.07. The molecule has 0 aromatic heterocycles. The zero-order chi connectivity index (χ0) is 18.2. The average Bonchev–Trinajstić information content (AvgIpc) is 2.71. The number of morpholine rings is 1. The van der Waals surface area contributed by atoms with E-state index < -0.39 is 0 Å². The Kier molecular flexibility index (Phi) is 7.32. The molecular weight excluding hydrogens is 328 g/mol. The van der Waals surface area contributed by atoms with Crippen molar-refractivity contribution in [2.75, 3.05) is 26.2 Å². The molecule has 1 N–H and O–H groups in total. The molecule has 0 spiro atoms. The predicted octanol–water partition coefficient (Wildman–Crippen LogP) is 3.58. The van der Waals surface area contributed by atoms with Crippen molar-refractivity contribution >= 4 is 6.09 Å². The molecule has 0 radical (unpaired) electrons. The molecule has 0 bridgehead atoms. The summed E-state index contributed by atoms with van der Waals surface area (Å²) in [5, 5.41) is 3.71. The van der Waals surface area contributed by atoms with Crippen LogP contribution in [0.5, 0.6) is 0 Å². The summed E-state index contributed by atoms with van der Waals surface area (Å²) >= 11 is 0. The Hall–Kier alpha value is -1.59. The van der Waals surface area contributed by atoms with Gasteiger partial charge in [0.1, 0.15) is 6.61 Å². The second-order valence-corrected chi connectivity index (χ2v) is 7.45. The topological polar surface area (TPSA) is 50.8 Å². The van der Waals surface area contributed by atoms with Gasteiger partial charge in [-0.2, -0.15) is 0 Å². The Balaban J connectivity index is 1.42. The highest BCUT2D eigenvalue weighted by molar-refractivity contribution is 5.67. The third kappa shape index (κ3) is 5.45. The van der Waals surface area contributed by atoms with Crippen LogP contribution in [0.1, 0.15) is 44.6 Å². The van der Waals surface area contributed by atoms with Gasteiger partial charge < -0.3 is 19.7 Å². The van der Waals surface area contributed by atoms with E-state index in [2.05, 4.69) is 12.2 Å².